The Labute approximate surface area is 90.8 Å². The van der Waals surface area contributed by atoms with Crippen LogP contribution < -0.4 is 0 Å². The third-order valence-corrected chi connectivity index (χ3v) is 3.36. The number of rotatable bonds is 2. The molecule has 0 bridgehead atoms. The van der Waals surface area contributed by atoms with Crippen molar-refractivity contribution in [1.29, 1.82) is 0 Å². The fraction of sp³-hybridized carbons (Fsp3) is 0.357. The maximum Gasteiger partial charge on any atom is 0.147 e. The van der Waals surface area contributed by atoms with Crippen LogP contribution in [0.2, 0.25) is 0 Å². The normalized spacial score (nSPS) is 26.3. The van der Waals surface area contributed by atoms with Gasteiger partial charge in [-0.15, -0.1) is 6.58 Å². The Morgan fingerprint density at radius 1 is 1.20 bits per heavy atom. The van der Waals surface area contributed by atoms with Crippen molar-refractivity contribution >= 4 is 5.78 Å². The van der Waals surface area contributed by atoms with E-state index in [1.165, 1.54) is 0 Å². The molecule has 0 aromatic heterocycles. The molecule has 1 aliphatic carbocycles. The molecule has 78 valence electrons. The summed E-state index contributed by atoms with van der Waals surface area (Å²) in [6.07, 6.45) is 5.60. The Kier molecular flexibility index (Phi) is 2.72. The van der Waals surface area contributed by atoms with E-state index in [9.17, 15) is 4.79 Å². The molecule has 1 aromatic carbocycles. The summed E-state index contributed by atoms with van der Waals surface area (Å²) in [4.78, 5) is 12.1. The molecule has 0 saturated heterocycles. The topological polar surface area (TPSA) is 17.1 Å². The summed E-state index contributed by atoms with van der Waals surface area (Å²) in [6.45, 7) is 3.86. The Morgan fingerprint density at radius 3 is 2.53 bits per heavy atom. The van der Waals surface area contributed by atoms with Gasteiger partial charge in [0.15, 0.2) is 0 Å². The molecule has 1 saturated carbocycles. The second-order valence-corrected chi connectivity index (χ2v) is 4.17. The first-order valence-electron chi connectivity index (χ1n) is 5.52. The van der Waals surface area contributed by atoms with E-state index in [0.717, 1.165) is 24.8 Å². The van der Waals surface area contributed by atoms with Gasteiger partial charge < -0.3 is 0 Å². The van der Waals surface area contributed by atoms with Gasteiger partial charge in [0.2, 0.25) is 0 Å². The monoisotopic (exact) mass is 200 g/mol. The number of allylic oxidation sites excluding steroid dienone is 1. The van der Waals surface area contributed by atoms with E-state index in [4.69, 9.17) is 0 Å². The quantitative estimate of drug-likeness (QED) is 0.670. The molecular weight excluding hydrogens is 184 g/mol. The maximum atomic E-state index is 12.1. The summed E-state index contributed by atoms with van der Waals surface area (Å²) in [5.41, 5.74) is 0.698. The molecule has 1 nitrogen and oxygen atoms in total. The first-order chi connectivity index (χ1) is 7.29. The minimum atomic E-state index is -0.403. The molecule has 0 radical (unpaired) electrons. The zero-order valence-corrected chi connectivity index (χ0v) is 8.91. The third-order valence-electron chi connectivity index (χ3n) is 3.36. The van der Waals surface area contributed by atoms with Gasteiger partial charge in [-0.3, -0.25) is 4.79 Å². The van der Waals surface area contributed by atoms with Crippen LogP contribution in [-0.2, 0) is 10.2 Å². The molecule has 1 unspecified atom stereocenters. The van der Waals surface area contributed by atoms with Gasteiger partial charge in [-0.05, 0) is 18.4 Å². The highest BCUT2D eigenvalue weighted by Crippen LogP contribution is 2.37. The molecule has 0 aliphatic heterocycles. The van der Waals surface area contributed by atoms with Crippen LogP contribution in [0.15, 0.2) is 43.0 Å². The highest BCUT2D eigenvalue weighted by Gasteiger charge is 2.38. The van der Waals surface area contributed by atoms with E-state index in [-0.39, 0.29) is 0 Å². The molecule has 0 amide bonds. The van der Waals surface area contributed by atoms with Gasteiger partial charge in [-0.2, -0.15) is 0 Å². The maximum absolute atomic E-state index is 12.1. The van der Waals surface area contributed by atoms with Gasteiger partial charge in [0.25, 0.3) is 0 Å². The molecule has 1 fully saturated rings. The van der Waals surface area contributed by atoms with E-state index in [1.807, 2.05) is 36.4 Å². The van der Waals surface area contributed by atoms with Crippen molar-refractivity contribution in [2.24, 2.45) is 0 Å². The molecule has 15 heavy (non-hydrogen) atoms. The van der Waals surface area contributed by atoms with E-state index in [1.54, 1.807) is 0 Å². The second-order valence-electron chi connectivity index (χ2n) is 4.17. The van der Waals surface area contributed by atoms with Crippen LogP contribution >= 0.6 is 0 Å². The highest BCUT2D eigenvalue weighted by molar-refractivity contribution is 5.92. The SMILES string of the molecule is C=CC1(c2ccccc2)CCCCC1=O. The smallest absolute Gasteiger partial charge is 0.147 e. The average Bonchev–Trinajstić information content (AvgIpc) is 2.31. The lowest BCUT2D eigenvalue weighted by atomic mass is 9.68. The average molecular weight is 200 g/mol. The predicted molar refractivity (Wildman–Crippen MR) is 61.8 cm³/mol. The number of ketones is 1. The van der Waals surface area contributed by atoms with E-state index in [0.29, 0.717) is 12.2 Å². The van der Waals surface area contributed by atoms with E-state index >= 15 is 0 Å². The molecule has 0 heterocycles. The zero-order chi connectivity index (χ0) is 10.7. The molecule has 1 aromatic rings. The largest absolute Gasteiger partial charge is 0.298 e. The molecular formula is C14H16O. The number of benzene rings is 1. The summed E-state index contributed by atoms with van der Waals surface area (Å²) >= 11 is 0. The van der Waals surface area contributed by atoms with E-state index in [2.05, 4.69) is 6.58 Å². The van der Waals surface area contributed by atoms with Crippen LogP contribution in [-0.4, -0.2) is 5.78 Å². The molecule has 1 heteroatoms. The lowest BCUT2D eigenvalue weighted by Crippen LogP contribution is -2.36. The van der Waals surface area contributed by atoms with Crippen molar-refractivity contribution in [3.05, 3.63) is 48.6 Å². The Morgan fingerprint density at radius 2 is 1.93 bits per heavy atom. The first-order valence-corrected chi connectivity index (χ1v) is 5.52. The Bertz CT molecular complexity index is 366. The molecule has 1 aliphatic rings. The highest BCUT2D eigenvalue weighted by atomic mass is 16.1. The van der Waals surface area contributed by atoms with Gasteiger partial charge in [0, 0.05) is 6.42 Å². The first kappa shape index (κ1) is 10.2. The van der Waals surface area contributed by atoms with Crippen molar-refractivity contribution in [3.8, 4) is 0 Å². The lowest BCUT2D eigenvalue weighted by molar-refractivity contribution is -0.124. The minimum absolute atomic E-state index is 0.329. The number of hydrogen-bond donors (Lipinski definition) is 0. The second kappa shape index (κ2) is 4.01. The Balaban J connectivity index is 2.44. The standard InChI is InChI=1S/C14H16O/c1-2-14(11-7-6-10-13(14)15)12-8-4-3-5-9-12/h2-5,8-9H,1,6-7,10-11H2. The number of Topliss-reactive ketones (excluding diaryl/α,β-unsaturated/α-hetero) is 1. The summed E-state index contributed by atoms with van der Waals surface area (Å²) in [5.74, 6) is 0.329. The van der Waals surface area contributed by atoms with Gasteiger partial charge in [0.05, 0.1) is 5.41 Å². The molecule has 0 spiro atoms. The van der Waals surface area contributed by atoms with Gasteiger partial charge in [-0.1, -0.05) is 42.8 Å². The Hall–Kier alpha value is -1.37. The van der Waals surface area contributed by atoms with Crippen LogP contribution in [0.1, 0.15) is 31.2 Å². The number of carbonyl (C=O) groups is 1. The summed E-state index contributed by atoms with van der Waals surface area (Å²) in [5, 5.41) is 0. The summed E-state index contributed by atoms with van der Waals surface area (Å²) in [6, 6.07) is 10.0. The summed E-state index contributed by atoms with van der Waals surface area (Å²) < 4.78 is 0. The van der Waals surface area contributed by atoms with Crippen LogP contribution in [0.3, 0.4) is 0 Å². The molecule has 1 atom stereocenters. The molecule has 0 N–H and O–H groups in total. The van der Waals surface area contributed by atoms with Crippen LogP contribution in [0.25, 0.3) is 0 Å². The number of carbonyl (C=O) groups excluding carboxylic acids is 1. The lowest BCUT2D eigenvalue weighted by Gasteiger charge is -2.33. The third kappa shape index (κ3) is 1.63. The summed E-state index contributed by atoms with van der Waals surface area (Å²) in [7, 11) is 0. The van der Waals surface area contributed by atoms with Crippen molar-refractivity contribution < 1.29 is 4.79 Å². The van der Waals surface area contributed by atoms with Crippen molar-refractivity contribution in [2.45, 2.75) is 31.1 Å². The van der Waals surface area contributed by atoms with Gasteiger partial charge in [-0.25, -0.2) is 0 Å². The van der Waals surface area contributed by atoms with Crippen molar-refractivity contribution in [2.75, 3.05) is 0 Å². The fourth-order valence-corrected chi connectivity index (χ4v) is 2.43. The van der Waals surface area contributed by atoms with Gasteiger partial charge >= 0.3 is 0 Å². The van der Waals surface area contributed by atoms with Crippen LogP contribution in [0, 0.1) is 0 Å². The number of hydrogen-bond acceptors (Lipinski definition) is 1. The van der Waals surface area contributed by atoms with Crippen molar-refractivity contribution in [1.82, 2.24) is 0 Å². The molecule has 2 rings (SSSR count). The van der Waals surface area contributed by atoms with Gasteiger partial charge in [0.1, 0.15) is 5.78 Å². The predicted octanol–water partition coefficient (Wildman–Crippen LogP) is 3.25. The van der Waals surface area contributed by atoms with Crippen LogP contribution in [0.4, 0.5) is 0 Å². The van der Waals surface area contributed by atoms with Crippen LogP contribution in [0.5, 0.6) is 0 Å². The fourth-order valence-electron chi connectivity index (χ4n) is 2.43. The van der Waals surface area contributed by atoms with E-state index < -0.39 is 5.41 Å². The minimum Gasteiger partial charge on any atom is -0.298 e. The zero-order valence-electron chi connectivity index (χ0n) is 8.91. The van der Waals surface area contributed by atoms with Crippen molar-refractivity contribution in [3.63, 3.8) is 0 Å².